The van der Waals surface area contributed by atoms with Crippen LogP contribution in [-0.4, -0.2) is 82.6 Å². The molecule has 0 aromatic carbocycles. The number of hydrogen-bond acceptors (Lipinski definition) is 10. The van der Waals surface area contributed by atoms with E-state index in [1.165, 1.54) is 0 Å². The third-order valence-corrected chi connectivity index (χ3v) is 7.79. The smallest absolute Gasteiger partial charge is 0.747 e. The number of nitrogens with one attached hydrogen (secondary N) is 3. The Hall–Kier alpha value is -1.39. The van der Waals surface area contributed by atoms with Gasteiger partial charge in [-0.25, -0.2) is 18.0 Å². The van der Waals surface area contributed by atoms with Crippen molar-refractivity contribution >= 4 is 51.6 Å². The fourth-order valence-electron chi connectivity index (χ4n) is 3.59. The Kier molecular flexibility index (Phi) is 7.28. The van der Waals surface area contributed by atoms with Crippen LogP contribution in [0.15, 0.2) is 0 Å². The van der Waals surface area contributed by atoms with Crippen LogP contribution in [0, 0.1) is 0 Å². The number of hydroxylamine groups is 2. The van der Waals surface area contributed by atoms with Crippen molar-refractivity contribution in [2.24, 2.45) is 0 Å². The molecule has 0 spiro atoms. The summed E-state index contributed by atoms with van der Waals surface area (Å²) in [5.41, 5.74) is 0. The average molecular weight is 567 g/mol. The largest absolute Gasteiger partial charge is 1.00 e. The summed E-state index contributed by atoms with van der Waals surface area (Å²) in [5.74, 6) is -6.40. The number of imide groups is 1. The minimum atomic E-state index is -5.43. The quantitative estimate of drug-likeness (QED) is 0.0663. The first-order valence-corrected chi connectivity index (χ1v) is 12.8. The van der Waals surface area contributed by atoms with Crippen molar-refractivity contribution in [1.29, 1.82) is 0 Å². The van der Waals surface area contributed by atoms with Gasteiger partial charge in [0.25, 0.3) is 11.8 Å². The molecule has 0 saturated carbocycles. The van der Waals surface area contributed by atoms with Gasteiger partial charge in [-0.2, -0.15) is 11.8 Å². The molecule has 0 radical (unpaired) electrons. The molecule has 13 nitrogen and oxygen atoms in total. The summed E-state index contributed by atoms with van der Waals surface area (Å²) in [5, 5.41) is 4.15. The van der Waals surface area contributed by atoms with E-state index in [1.807, 2.05) is 0 Å². The Balaban J connectivity index is 0.00000736. The molecule has 16 heteroatoms. The topological polar surface area (TPSA) is 191 Å². The van der Waals surface area contributed by atoms with Crippen molar-refractivity contribution in [2.75, 3.05) is 12.2 Å². The molecule has 3 saturated heterocycles. The minimum absolute atomic E-state index is 0. The standard InChI is InChI=1S/C20H30N4O9S2.Na/c25-15(7-4-3-6-13-18-12(11-34-13)22-20(29)23-18)21-9-5-1-2-8-17(27)33-24-16(26)10-14(19(24)28)35(30,31)32;/h12-14,18H,1-11H2,(H,21,25)(H2,22,23,29)(H,30,31,32);/q;+1/p-1/t12-,13-,14?,18-;/m0./s1/i1D2,2D2,5D2,8D2,9D2;. The first kappa shape index (κ1) is 18.8. The van der Waals surface area contributed by atoms with Gasteiger partial charge in [0.1, 0.15) is 15.4 Å². The molecule has 0 aromatic heterocycles. The van der Waals surface area contributed by atoms with Crippen molar-refractivity contribution in [3.05, 3.63) is 0 Å². The van der Waals surface area contributed by atoms with Crippen molar-refractivity contribution in [2.45, 2.75) is 80.2 Å². The first-order chi connectivity index (χ1) is 20.3. The molecule has 3 N–H and O–H groups in total. The number of unbranched alkanes of at least 4 members (excludes halogenated alkanes) is 1. The number of urea groups is 1. The summed E-state index contributed by atoms with van der Waals surface area (Å²) in [7, 11) is -5.43. The molecule has 5 amide bonds. The minimum Gasteiger partial charge on any atom is -0.747 e. The van der Waals surface area contributed by atoms with Crippen LogP contribution >= 0.6 is 11.8 Å². The molecule has 3 rings (SSSR count). The van der Waals surface area contributed by atoms with Crippen LogP contribution in [0.4, 0.5) is 4.79 Å². The second-order valence-corrected chi connectivity index (χ2v) is 10.5. The van der Waals surface area contributed by atoms with Gasteiger partial charge in [0.2, 0.25) is 5.91 Å². The van der Waals surface area contributed by atoms with Crippen LogP contribution in [0.3, 0.4) is 0 Å². The van der Waals surface area contributed by atoms with Crippen LogP contribution in [0.25, 0.3) is 0 Å². The van der Waals surface area contributed by atoms with E-state index in [0.717, 1.165) is 0 Å². The number of hydrogen-bond donors (Lipinski definition) is 3. The van der Waals surface area contributed by atoms with Gasteiger partial charge in [-0.15, -0.1) is 5.06 Å². The molecule has 1 unspecified atom stereocenters. The van der Waals surface area contributed by atoms with Crippen molar-refractivity contribution in [3.8, 4) is 0 Å². The maximum Gasteiger partial charge on any atom is 1.00 e. The predicted octanol–water partition coefficient (Wildman–Crippen LogP) is -3.48. The average Bonchev–Trinajstić information content (AvgIpc) is 3.53. The fourth-order valence-corrected chi connectivity index (χ4v) is 5.82. The van der Waals surface area contributed by atoms with Crippen LogP contribution < -0.4 is 45.5 Å². The zero-order valence-corrected chi connectivity index (χ0v) is 22.6. The molecule has 0 aliphatic carbocycles. The molecule has 0 aromatic rings. The number of rotatable bonds is 13. The van der Waals surface area contributed by atoms with E-state index in [0.29, 0.717) is 18.6 Å². The van der Waals surface area contributed by atoms with E-state index in [2.05, 4.69) is 15.5 Å². The van der Waals surface area contributed by atoms with Gasteiger partial charge >= 0.3 is 41.6 Å². The van der Waals surface area contributed by atoms with Gasteiger partial charge < -0.3 is 25.3 Å². The summed E-state index contributed by atoms with van der Waals surface area (Å²) in [4.78, 5) is 64.7. The van der Waals surface area contributed by atoms with Crippen LogP contribution in [0.5, 0.6) is 0 Å². The number of thioether (sulfide) groups is 1. The fraction of sp³-hybridized carbons (Fsp3) is 0.750. The van der Waals surface area contributed by atoms with Gasteiger partial charge in [0.05, 0.1) is 18.5 Å². The van der Waals surface area contributed by atoms with Gasteiger partial charge in [-0.3, -0.25) is 14.4 Å². The Bertz CT molecular complexity index is 1370. The van der Waals surface area contributed by atoms with Crippen molar-refractivity contribution in [1.82, 2.24) is 21.0 Å². The van der Waals surface area contributed by atoms with Crippen molar-refractivity contribution in [3.63, 3.8) is 0 Å². The second-order valence-electron chi connectivity index (χ2n) is 7.63. The van der Waals surface area contributed by atoms with Crippen LogP contribution in [0.2, 0.25) is 0 Å². The summed E-state index contributed by atoms with van der Waals surface area (Å²) < 4.78 is 114. The monoisotopic (exact) mass is 566 g/mol. The van der Waals surface area contributed by atoms with E-state index in [1.54, 1.807) is 17.1 Å². The van der Waals surface area contributed by atoms with Gasteiger partial charge in [-0.1, -0.05) is 12.8 Å². The second kappa shape index (κ2) is 14.0. The first-order valence-electron chi connectivity index (χ1n) is 15.3. The summed E-state index contributed by atoms with van der Waals surface area (Å²) >= 11 is 1.63. The van der Waals surface area contributed by atoms with E-state index in [9.17, 15) is 36.9 Å². The van der Waals surface area contributed by atoms with Crippen molar-refractivity contribution < 1.29 is 85.0 Å². The number of amides is 5. The molecular weight excluding hydrogens is 527 g/mol. The third-order valence-electron chi connectivity index (χ3n) is 5.22. The molecule has 196 valence electrons. The zero-order valence-electron chi connectivity index (χ0n) is 29.0. The molecule has 3 heterocycles. The molecule has 0 bridgehead atoms. The molecular formula is C20H29N4NaO9S2. The number of nitrogens with zero attached hydrogens (tertiary/aromatic N) is 1. The maximum atomic E-state index is 12.5. The summed E-state index contributed by atoms with van der Waals surface area (Å²) in [6.45, 7) is -3.70. The van der Waals surface area contributed by atoms with E-state index < -0.39 is 82.5 Å². The van der Waals surface area contributed by atoms with E-state index in [4.69, 9.17) is 13.7 Å². The Morgan fingerprint density at radius 2 is 1.94 bits per heavy atom. The molecule has 4 atom stereocenters. The van der Waals surface area contributed by atoms with Gasteiger partial charge in [0, 0.05) is 44.0 Å². The zero-order chi connectivity index (χ0) is 34.6. The molecule has 3 aliphatic rings. The summed E-state index contributed by atoms with van der Waals surface area (Å²) in [6, 6.07) is -0.380. The molecule has 3 fully saturated rings. The predicted molar refractivity (Wildman–Crippen MR) is 121 cm³/mol. The molecule has 36 heavy (non-hydrogen) atoms. The number of carbonyl (C=O) groups excluding carboxylic acids is 5. The maximum absolute atomic E-state index is 12.5. The Labute approximate surface area is 249 Å². The Morgan fingerprint density at radius 3 is 2.64 bits per heavy atom. The Morgan fingerprint density at radius 1 is 1.19 bits per heavy atom. The summed E-state index contributed by atoms with van der Waals surface area (Å²) in [6.07, 6.45) is -17.4. The SMILES string of the molecule is [2H]C([2H])(NC(=O)CCCC[C@@H]1SC[C@@H]2NC(=O)N[C@@H]21)C([2H])([2H])C([2H])([2H])C([2H])([2H])C([2H])([2H])C(=O)ON1C(=O)CC(S(=O)(=O)[O-])C1=O.[Na+]. The van der Waals surface area contributed by atoms with Crippen LogP contribution in [0.1, 0.15) is 71.3 Å². The van der Waals surface area contributed by atoms with E-state index in [-0.39, 0.29) is 65.8 Å². The normalized spacial score (nSPS) is 31.2. The number of carbonyl (C=O) groups is 5. The van der Waals surface area contributed by atoms with Gasteiger partial charge in [-0.05, 0) is 25.6 Å². The van der Waals surface area contributed by atoms with Crippen LogP contribution in [-0.2, 0) is 34.1 Å². The van der Waals surface area contributed by atoms with E-state index >= 15 is 0 Å². The van der Waals surface area contributed by atoms with Gasteiger partial charge in [0.15, 0.2) is 0 Å². The molecule has 3 aliphatic heterocycles. The third kappa shape index (κ3) is 8.58. The number of fused-ring (bicyclic) bond motifs is 1.